The third kappa shape index (κ3) is 2.65. The molecule has 1 aromatic rings. The maximum atomic E-state index is 12.8. The lowest BCUT2D eigenvalue weighted by Gasteiger charge is -2.29. The molecule has 1 aliphatic heterocycles. The van der Waals surface area contributed by atoms with E-state index in [0.717, 1.165) is 13.1 Å². The van der Waals surface area contributed by atoms with E-state index in [1.807, 2.05) is 7.05 Å². The summed E-state index contributed by atoms with van der Waals surface area (Å²) in [5.41, 5.74) is 0. The summed E-state index contributed by atoms with van der Waals surface area (Å²) < 4.78 is 38.6. The third-order valence-electron chi connectivity index (χ3n) is 3.03. The van der Waals surface area contributed by atoms with Crippen LogP contribution >= 0.6 is 0 Å². The lowest BCUT2D eigenvalue weighted by Crippen LogP contribution is -3.12. The number of hydrogen-bond donors (Lipinski definition) is 1. The van der Waals surface area contributed by atoms with Gasteiger partial charge < -0.3 is 4.90 Å². The van der Waals surface area contributed by atoms with E-state index in [1.165, 1.54) is 33.5 Å². The molecule has 6 heteroatoms. The van der Waals surface area contributed by atoms with Crippen molar-refractivity contribution in [3.05, 3.63) is 30.1 Å². The maximum absolute atomic E-state index is 12.8. The molecular formula is C11H16FN2O2S+. The fourth-order valence-corrected chi connectivity index (χ4v) is 3.31. The Kier molecular flexibility index (Phi) is 3.46. The monoisotopic (exact) mass is 259 g/mol. The molecule has 0 aliphatic carbocycles. The third-order valence-corrected chi connectivity index (χ3v) is 4.94. The summed E-state index contributed by atoms with van der Waals surface area (Å²) in [5.74, 6) is -0.424. The molecule has 1 aromatic carbocycles. The predicted molar refractivity (Wildman–Crippen MR) is 61.8 cm³/mol. The Morgan fingerprint density at radius 3 is 2.24 bits per heavy atom. The Balaban J connectivity index is 2.21. The van der Waals surface area contributed by atoms with Gasteiger partial charge in [-0.05, 0) is 24.3 Å². The number of quaternary nitrogens is 1. The summed E-state index contributed by atoms with van der Waals surface area (Å²) in [5, 5.41) is 0. The van der Waals surface area contributed by atoms with E-state index in [2.05, 4.69) is 0 Å². The molecular weight excluding hydrogens is 243 g/mol. The Morgan fingerprint density at radius 1 is 1.18 bits per heavy atom. The fraction of sp³-hybridized carbons (Fsp3) is 0.455. The van der Waals surface area contributed by atoms with Crippen molar-refractivity contribution in [1.29, 1.82) is 0 Å². The summed E-state index contributed by atoms with van der Waals surface area (Å²) >= 11 is 0. The smallest absolute Gasteiger partial charge is 0.243 e. The first-order chi connectivity index (χ1) is 8.00. The molecule has 94 valence electrons. The van der Waals surface area contributed by atoms with Crippen LogP contribution in [0.15, 0.2) is 29.2 Å². The Morgan fingerprint density at radius 2 is 1.71 bits per heavy atom. The van der Waals surface area contributed by atoms with Crippen LogP contribution in [-0.4, -0.2) is 45.9 Å². The average Bonchev–Trinajstić information content (AvgIpc) is 2.30. The highest BCUT2D eigenvalue weighted by Gasteiger charge is 2.28. The second kappa shape index (κ2) is 4.72. The van der Waals surface area contributed by atoms with E-state index < -0.39 is 15.8 Å². The summed E-state index contributed by atoms with van der Waals surface area (Å²) in [6.45, 7) is 2.65. The first-order valence-corrected chi connectivity index (χ1v) is 7.01. The topological polar surface area (TPSA) is 41.8 Å². The summed E-state index contributed by atoms with van der Waals surface area (Å²) in [7, 11) is -1.41. The molecule has 1 heterocycles. The van der Waals surface area contributed by atoms with E-state index in [-0.39, 0.29) is 4.90 Å². The quantitative estimate of drug-likeness (QED) is 0.766. The van der Waals surface area contributed by atoms with Gasteiger partial charge in [0.25, 0.3) is 0 Å². The molecule has 2 rings (SSSR count). The highest BCUT2D eigenvalue weighted by atomic mass is 32.2. The van der Waals surface area contributed by atoms with E-state index in [9.17, 15) is 12.8 Å². The molecule has 0 saturated carbocycles. The molecule has 17 heavy (non-hydrogen) atoms. The number of piperazine rings is 1. The first kappa shape index (κ1) is 12.5. The standard InChI is InChI=1S/C11H15FN2O2S/c1-13-6-8-14(9-7-13)17(15,16)11-4-2-10(12)3-5-11/h2-5H,6-9H2,1H3/p+1. The van der Waals surface area contributed by atoms with Crippen LogP contribution in [0.5, 0.6) is 0 Å². The van der Waals surface area contributed by atoms with Gasteiger partial charge in [-0.25, -0.2) is 12.8 Å². The Labute approximate surface area is 101 Å². The average molecular weight is 259 g/mol. The van der Waals surface area contributed by atoms with Gasteiger partial charge in [-0.2, -0.15) is 4.31 Å². The summed E-state index contributed by atoms with van der Waals surface area (Å²) in [6.07, 6.45) is 0. The number of likely N-dealkylation sites (N-methyl/N-ethyl adjacent to an activating group) is 1. The molecule has 0 amide bonds. The first-order valence-electron chi connectivity index (χ1n) is 5.57. The van der Waals surface area contributed by atoms with E-state index in [4.69, 9.17) is 0 Å². The van der Waals surface area contributed by atoms with Crippen molar-refractivity contribution in [2.24, 2.45) is 0 Å². The predicted octanol–water partition coefficient (Wildman–Crippen LogP) is -0.655. The van der Waals surface area contributed by atoms with Crippen molar-refractivity contribution in [3.8, 4) is 0 Å². The SMILES string of the molecule is C[NH+]1CCN(S(=O)(=O)c2ccc(F)cc2)CC1. The van der Waals surface area contributed by atoms with Crippen molar-refractivity contribution < 1.29 is 17.7 Å². The lowest BCUT2D eigenvalue weighted by molar-refractivity contribution is -0.883. The van der Waals surface area contributed by atoms with Crippen LogP contribution in [0, 0.1) is 5.82 Å². The molecule has 0 unspecified atom stereocenters. The Hall–Kier alpha value is -0.980. The maximum Gasteiger partial charge on any atom is 0.243 e. The van der Waals surface area contributed by atoms with Crippen LogP contribution in [0.1, 0.15) is 0 Å². The van der Waals surface area contributed by atoms with Crippen molar-refractivity contribution >= 4 is 10.0 Å². The van der Waals surface area contributed by atoms with E-state index in [0.29, 0.717) is 13.1 Å². The number of sulfonamides is 1. The van der Waals surface area contributed by atoms with Gasteiger partial charge >= 0.3 is 0 Å². The second-order valence-corrected chi connectivity index (χ2v) is 6.25. The lowest BCUT2D eigenvalue weighted by atomic mass is 10.4. The molecule has 0 atom stereocenters. The van der Waals surface area contributed by atoms with Gasteiger partial charge in [0.15, 0.2) is 0 Å². The summed E-state index contributed by atoms with van der Waals surface area (Å²) in [6, 6.07) is 4.98. The number of halogens is 1. The van der Waals surface area contributed by atoms with Crippen molar-refractivity contribution in [2.45, 2.75) is 4.90 Å². The largest absolute Gasteiger partial charge is 0.335 e. The molecule has 1 fully saturated rings. The van der Waals surface area contributed by atoms with Crippen LogP contribution in [0.4, 0.5) is 4.39 Å². The van der Waals surface area contributed by atoms with E-state index >= 15 is 0 Å². The molecule has 0 spiro atoms. The zero-order valence-electron chi connectivity index (χ0n) is 9.69. The number of hydrogen-bond acceptors (Lipinski definition) is 2. The van der Waals surface area contributed by atoms with Gasteiger partial charge in [0.05, 0.1) is 38.1 Å². The minimum atomic E-state index is -3.45. The van der Waals surface area contributed by atoms with Crippen LogP contribution in [0.3, 0.4) is 0 Å². The van der Waals surface area contributed by atoms with E-state index in [1.54, 1.807) is 0 Å². The van der Waals surface area contributed by atoms with Crippen LogP contribution in [0.2, 0.25) is 0 Å². The normalized spacial score (nSPS) is 19.4. The number of nitrogens with zero attached hydrogens (tertiary/aromatic N) is 1. The minimum absolute atomic E-state index is 0.165. The highest BCUT2D eigenvalue weighted by molar-refractivity contribution is 7.89. The van der Waals surface area contributed by atoms with Gasteiger partial charge in [-0.1, -0.05) is 0 Å². The van der Waals surface area contributed by atoms with Crippen molar-refractivity contribution in [2.75, 3.05) is 33.2 Å². The number of nitrogens with one attached hydrogen (secondary N) is 1. The minimum Gasteiger partial charge on any atom is -0.335 e. The van der Waals surface area contributed by atoms with Gasteiger partial charge in [0.1, 0.15) is 5.82 Å². The molecule has 0 bridgehead atoms. The number of rotatable bonds is 2. The van der Waals surface area contributed by atoms with Crippen LogP contribution in [0.25, 0.3) is 0 Å². The van der Waals surface area contributed by atoms with Gasteiger partial charge in [0.2, 0.25) is 10.0 Å². The highest BCUT2D eigenvalue weighted by Crippen LogP contribution is 2.15. The second-order valence-electron chi connectivity index (χ2n) is 4.32. The van der Waals surface area contributed by atoms with Crippen LogP contribution < -0.4 is 4.90 Å². The molecule has 1 saturated heterocycles. The Bertz CT molecular complexity index is 479. The zero-order valence-corrected chi connectivity index (χ0v) is 10.5. The number of benzene rings is 1. The van der Waals surface area contributed by atoms with Gasteiger partial charge in [-0.3, -0.25) is 0 Å². The molecule has 4 nitrogen and oxygen atoms in total. The zero-order chi connectivity index (χ0) is 12.5. The molecule has 1 aliphatic rings. The van der Waals surface area contributed by atoms with Crippen LogP contribution in [-0.2, 0) is 10.0 Å². The van der Waals surface area contributed by atoms with Crippen molar-refractivity contribution in [1.82, 2.24) is 4.31 Å². The van der Waals surface area contributed by atoms with Gasteiger partial charge in [0, 0.05) is 0 Å². The van der Waals surface area contributed by atoms with Crippen molar-refractivity contribution in [3.63, 3.8) is 0 Å². The molecule has 0 radical (unpaired) electrons. The summed E-state index contributed by atoms with van der Waals surface area (Å²) in [4.78, 5) is 1.49. The van der Waals surface area contributed by atoms with Gasteiger partial charge in [-0.15, -0.1) is 0 Å². The molecule has 1 N–H and O–H groups in total. The molecule has 0 aromatic heterocycles. The fourth-order valence-electron chi connectivity index (χ4n) is 1.86.